The summed E-state index contributed by atoms with van der Waals surface area (Å²) >= 11 is 3.12. The highest BCUT2D eigenvalue weighted by atomic mass is 32.2. The molecule has 0 saturated carbocycles. The van der Waals surface area contributed by atoms with Crippen molar-refractivity contribution < 1.29 is 9.90 Å². The van der Waals surface area contributed by atoms with Gasteiger partial charge in [0, 0.05) is 57.3 Å². The predicted molar refractivity (Wildman–Crippen MR) is 107 cm³/mol. The fraction of sp³-hybridized carbons (Fsp3) is 0.778. The van der Waals surface area contributed by atoms with Crippen molar-refractivity contribution in [3.63, 3.8) is 0 Å². The Morgan fingerprint density at radius 3 is 2.77 bits per heavy atom. The lowest BCUT2D eigenvalue weighted by Crippen LogP contribution is -2.57. The van der Waals surface area contributed by atoms with E-state index in [-0.39, 0.29) is 12.5 Å². The number of aliphatic hydroxyl groups excluding tert-OH is 1. The highest BCUT2D eigenvalue weighted by molar-refractivity contribution is 8.00. The van der Waals surface area contributed by atoms with Crippen molar-refractivity contribution in [2.45, 2.75) is 29.6 Å². The van der Waals surface area contributed by atoms with E-state index in [0.29, 0.717) is 17.7 Å². The summed E-state index contributed by atoms with van der Waals surface area (Å²) in [6, 6.07) is 0.525. The number of amides is 1. The Balaban J connectivity index is 1.65. The van der Waals surface area contributed by atoms with Crippen LogP contribution in [0.2, 0.25) is 0 Å². The Labute approximate surface area is 164 Å². The largest absolute Gasteiger partial charge is 0.396 e. The number of thiazole rings is 1. The van der Waals surface area contributed by atoms with Crippen LogP contribution in [0, 0.1) is 5.92 Å². The first-order valence-corrected chi connectivity index (χ1v) is 11.5. The lowest BCUT2D eigenvalue weighted by Gasteiger charge is -2.46. The van der Waals surface area contributed by atoms with Crippen LogP contribution >= 0.6 is 23.1 Å². The average Bonchev–Trinajstić information content (AvgIpc) is 3.15. The minimum atomic E-state index is 0.0624. The molecule has 0 bridgehead atoms. The molecular formula is C18H30N4O2S2. The first-order valence-electron chi connectivity index (χ1n) is 9.44. The minimum Gasteiger partial charge on any atom is -0.396 e. The molecule has 0 aromatic carbocycles. The molecule has 6 nitrogen and oxygen atoms in total. The van der Waals surface area contributed by atoms with Gasteiger partial charge in [-0.25, -0.2) is 4.98 Å². The average molecular weight is 399 g/mol. The van der Waals surface area contributed by atoms with Crippen molar-refractivity contribution in [3.8, 4) is 0 Å². The van der Waals surface area contributed by atoms with E-state index in [0.717, 1.165) is 62.9 Å². The van der Waals surface area contributed by atoms with Gasteiger partial charge in [-0.05, 0) is 38.5 Å². The molecule has 3 heterocycles. The fourth-order valence-corrected chi connectivity index (χ4v) is 5.32. The number of nitrogens with zero attached hydrogens (tertiary/aromatic N) is 4. The van der Waals surface area contributed by atoms with Crippen molar-refractivity contribution in [3.05, 3.63) is 11.1 Å². The summed E-state index contributed by atoms with van der Waals surface area (Å²) < 4.78 is 0.942. The monoisotopic (exact) mass is 398 g/mol. The summed E-state index contributed by atoms with van der Waals surface area (Å²) in [7, 11) is 2.18. The number of carbonyl (C=O) groups excluding carboxylic acids is 1. The van der Waals surface area contributed by atoms with Gasteiger partial charge >= 0.3 is 0 Å². The molecule has 0 radical (unpaired) electrons. The lowest BCUT2D eigenvalue weighted by atomic mass is 9.86. The summed E-state index contributed by atoms with van der Waals surface area (Å²) in [6.45, 7) is 6.24. The van der Waals surface area contributed by atoms with Gasteiger partial charge in [-0.1, -0.05) is 11.8 Å². The fourth-order valence-electron chi connectivity index (χ4n) is 4.09. The summed E-state index contributed by atoms with van der Waals surface area (Å²) in [5, 5.41) is 11.2. The molecule has 2 aliphatic rings. The second-order valence-electron chi connectivity index (χ2n) is 7.28. The van der Waals surface area contributed by atoms with Crippen LogP contribution in [-0.4, -0.2) is 95.9 Å². The van der Waals surface area contributed by atoms with Crippen LogP contribution in [0.1, 0.15) is 29.8 Å². The number of thioether (sulfide) groups is 1. The van der Waals surface area contributed by atoms with Gasteiger partial charge in [-0.15, -0.1) is 11.3 Å². The van der Waals surface area contributed by atoms with Crippen molar-refractivity contribution >= 4 is 29.0 Å². The zero-order valence-corrected chi connectivity index (χ0v) is 17.4. The van der Waals surface area contributed by atoms with Gasteiger partial charge in [0.25, 0.3) is 5.91 Å². The Bertz CT molecular complexity index is 590. The molecular weight excluding hydrogens is 368 g/mol. The van der Waals surface area contributed by atoms with E-state index < -0.39 is 0 Å². The Hall–Kier alpha value is -0.670. The molecule has 2 atom stereocenters. The van der Waals surface area contributed by atoms with E-state index in [9.17, 15) is 9.90 Å². The third-order valence-electron chi connectivity index (χ3n) is 5.60. The number of rotatable bonds is 6. The first-order chi connectivity index (χ1) is 12.6. The van der Waals surface area contributed by atoms with Crippen LogP contribution in [0.5, 0.6) is 0 Å². The summed E-state index contributed by atoms with van der Waals surface area (Å²) in [6.07, 6.45) is 4.79. The number of likely N-dealkylation sites (tertiary alicyclic amines) is 1. The topological polar surface area (TPSA) is 59.9 Å². The van der Waals surface area contributed by atoms with Crippen LogP contribution in [0.15, 0.2) is 9.72 Å². The Morgan fingerprint density at radius 2 is 2.12 bits per heavy atom. The number of hydrogen-bond acceptors (Lipinski definition) is 7. The Morgan fingerprint density at radius 1 is 1.35 bits per heavy atom. The molecule has 0 unspecified atom stereocenters. The van der Waals surface area contributed by atoms with Crippen molar-refractivity contribution in [2.24, 2.45) is 5.92 Å². The molecule has 26 heavy (non-hydrogen) atoms. The standard InChI is InChI=1S/C18H30N4O2S2/c1-20-7-9-21(10-8-20)16-5-6-22(12-14(16)4-3-11-23)17(24)15-13-26-18(19-15)25-2/h13-14,16,23H,3-12H2,1-2H3/t14-,16+/m0/s1. The second kappa shape index (κ2) is 9.50. The van der Waals surface area contributed by atoms with Crippen LogP contribution in [0.3, 0.4) is 0 Å². The smallest absolute Gasteiger partial charge is 0.273 e. The van der Waals surface area contributed by atoms with Gasteiger partial charge in [0.2, 0.25) is 0 Å². The molecule has 1 amide bonds. The molecule has 1 N–H and O–H groups in total. The molecule has 146 valence electrons. The number of carbonyl (C=O) groups is 1. The molecule has 2 aliphatic heterocycles. The van der Waals surface area contributed by atoms with E-state index in [1.807, 2.05) is 16.5 Å². The summed E-state index contributed by atoms with van der Waals surface area (Å²) in [4.78, 5) is 24.3. The minimum absolute atomic E-state index is 0.0624. The zero-order chi connectivity index (χ0) is 18.5. The molecule has 8 heteroatoms. The maximum atomic E-state index is 12.9. The van der Waals surface area contributed by atoms with Crippen molar-refractivity contribution in [2.75, 3.05) is 59.2 Å². The molecule has 0 spiro atoms. The van der Waals surface area contributed by atoms with Gasteiger partial charge in [-0.2, -0.15) is 0 Å². The molecule has 0 aliphatic carbocycles. The number of likely N-dealkylation sites (N-methyl/N-ethyl adjacent to an activating group) is 1. The van der Waals surface area contributed by atoms with Crippen LogP contribution in [-0.2, 0) is 0 Å². The van der Waals surface area contributed by atoms with E-state index in [2.05, 4.69) is 21.8 Å². The second-order valence-corrected chi connectivity index (χ2v) is 9.19. The lowest BCUT2D eigenvalue weighted by molar-refractivity contribution is 0.0215. The SMILES string of the molecule is CSc1nc(C(=O)N2CC[C@@H](N3CCN(C)CC3)[C@@H](CCCO)C2)cs1. The van der Waals surface area contributed by atoms with E-state index in [1.165, 1.54) is 11.3 Å². The number of aliphatic hydroxyl groups is 1. The van der Waals surface area contributed by atoms with Crippen molar-refractivity contribution in [1.29, 1.82) is 0 Å². The Kier molecular flexibility index (Phi) is 7.34. The van der Waals surface area contributed by atoms with Crippen LogP contribution < -0.4 is 0 Å². The molecule has 2 saturated heterocycles. The van der Waals surface area contributed by atoms with E-state index in [4.69, 9.17) is 0 Å². The predicted octanol–water partition coefficient (Wildman–Crippen LogP) is 1.72. The van der Waals surface area contributed by atoms with Crippen LogP contribution in [0.25, 0.3) is 0 Å². The third-order valence-corrected chi connectivity index (χ3v) is 7.46. The number of piperidine rings is 1. The summed E-state index contributed by atoms with van der Waals surface area (Å²) in [5.74, 6) is 0.495. The van der Waals surface area contributed by atoms with E-state index in [1.54, 1.807) is 11.8 Å². The maximum Gasteiger partial charge on any atom is 0.273 e. The molecule has 1 aromatic heterocycles. The molecule has 1 aromatic rings. The summed E-state index contributed by atoms with van der Waals surface area (Å²) in [5.41, 5.74) is 0.582. The number of hydrogen-bond donors (Lipinski definition) is 1. The maximum absolute atomic E-state index is 12.9. The normalized spacial score (nSPS) is 25.6. The zero-order valence-electron chi connectivity index (χ0n) is 15.8. The third kappa shape index (κ3) is 4.78. The van der Waals surface area contributed by atoms with Gasteiger partial charge in [0.15, 0.2) is 0 Å². The van der Waals surface area contributed by atoms with Crippen LogP contribution in [0.4, 0.5) is 0 Å². The van der Waals surface area contributed by atoms with Gasteiger partial charge in [0.1, 0.15) is 10.0 Å². The first kappa shape index (κ1) is 20.1. The number of aromatic nitrogens is 1. The van der Waals surface area contributed by atoms with Gasteiger partial charge < -0.3 is 14.9 Å². The highest BCUT2D eigenvalue weighted by Gasteiger charge is 2.36. The molecule has 2 fully saturated rings. The van der Waals surface area contributed by atoms with Gasteiger partial charge in [0.05, 0.1) is 0 Å². The molecule has 3 rings (SSSR count). The van der Waals surface area contributed by atoms with E-state index >= 15 is 0 Å². The number of piperazine rings is 1. The van der Waals surface area contributed by atoms with Gasteiger partial charge in [-0.3, -0.25) is 9.69 Å². The quantitative estimate of drug-likeness (QED) is 0.737. The highest BCUT2D eigenvalue weighted by Crippen LogP contribution is 2.29. The van der Waals surface area contributed by atoms with Crippen molar-refractivity contribution in [1.82, 2.24) is 19.7 Å².